The zero-order valence-corrected chi connectivity index (χ0v) is 14.7. The van der Waals surface area contributed by atoms with E-state index in [4.69, 9.17) is 0 Å². The number of carbonyl (C=O) groups excluding carboxylic acids is 1. The molecule has 2 aliphatic rings. The van der Waals surface area contributed by atoms with E-state index < -0.39 is 5.54 Å². The number of benzene rings is 1. The van der Waals surface area contributed by atoms with Crippen LogP contribution in [0.15, 0.2) is 36.5 Å². The van der Waals surface area contributed by atoms with Gasteiger partial charge >= 0.3 is 0 Å². The lowest BCUT2D eigenvalue weighted by Gasteiger charge is -2.23. The van der Waals surface area contributed by atoms with Gasteiger partial charge in [0.2, 0.25) is 0 Å². The van der Waals surface area contributed by atoms with Crippen LogP contribution in [0.5, 0.6) is 0 Å². The van der Waals surface area contributed by atoms with Crippen LogP contribution in [0.2, 0.25) is 0 Å². The normalized spacial score (nSPS) is 21.2. The lowest BCUT2D eigenvalue weighted by atomic mass is 10.0. The molecule has 2 heterocycles. The van der Waals surface area contributed by atoms with Crippen molar-refractivity contribution in [2.24, 2.45) is 0 Å². The molecule has 2 fully saturated rings. The van der Waals surface area contributed by atoms with Crippen LogP contribution in [0, 0.1) is 5.82 Å². The van der Waals surface area contributed by atoms with Crippen LogP contribution in [0.25, 0.3) is 0 Å². The topological polar surface area (TPSA) is 59.0 Å². The molecule has 1 saturated heterocycles. The van der Waals surface area contributed by atoms with Crippen LogP contribution < -0.4 is 10.6 Å². The predicted octanol–water partition coefficient (Wildman–Crippen LogP) is 2.79. The molecule has 1 aliphatic heterocycles. The summed E-state index contributed by atoms with van der Waals surface area (Å²) in [7, 11) is 0. The summed E-state index contributed by atoms with van der Waals surface area (Å²) < 4.78 is 15.9. The number of amides is 1. The molecule has 1 atom stereocenters. The second-order valence-electron chi connectivity index (χ2n) is 6.70. The molecule has 2 N–H and O–H groups in total. The maximum Gasteiger partial charge on any atom is 0.272 e. The highest BCUT2D eigenvalue weighted by atomic mass is 35.5. The van der Waals surface area contributed by atoms with E-state index in [1.165, 1.54) is 6.07 Å². The summed E-state index contributed by atoms with van der Waals surface area (Å²) in [5, 5.41) is 10.8. The number of nitrogens with zero attached hydrogens (tertiary/aromatic N) is 2. The molecule has 1 aliphatic carbocycles. The first kappa shape index (κ1) is 17.9. The Balaban J connectivity index is 0.00000182. The minimum atomic E-state index is -0.571. The Labute approximate surface area is 152 Å². The Morgan fingerprint density at radius 3 is 2.80 bits per heavy atom. The Hall–Kier alpha value is -1.92. The Morgan fingerprint density at radius 1 is 1.32 bits per heavy atom. The van der Waals surface area contributed by atoms with Gasteiger partial charge in [0.05, 0.1) is 11.6 Å². The summed E-state index contributed by atoms with van der Waals surface area (Å²) >= 11 is 0. The van der Waals surface area contributed by atoms with Crippen molar-refractivity contribution in [3.8, 4) is 0 Å². The van der Waals surface area contributed by atoms with Gasteiger partial charge in [-0.3, -0.25) is 9.48 Å². The van der Waals surface area contributed by atoms with E-state index in [0.29, 0.717) is 17.3 Å². The molecule has 2 aromatic rings. The van der Waals surface area contributed by atoms with Gasteiger partial charge in [0.1, 0.15) is 11.5 Å². The fourth-order valence-corrected chi connectivity index (χ4v) is 3.44. The minimum Gasteiger partial charge on any atom is -0.341 e. The SMILES string of the molecule is Cl.O=C(NC1(c2ccccc2F)CC1)c1ccn(C2CCCNC2)n1. The Bertz CT molecular complexity index is 753. The lowest BCUT2D eigenvalue weighted by molar-refractivity contribution is 0.0923. The third-order valence-electron chi connectivity index (χ3n) is 4.98. The monoisotopic (exact) mass is 364 g/mol. The predicted molar refractivity (Wildman–Crippen MR) is 95.4 cm³/mol. The summed E-state index contributed by atoms with van der Waals surface area (Å²) in [6.45, 7) is 1.91. The zero-order valence-electron chi connectivity index (χ0n) is 13.9. The first-order chi connectivity index (χ1) is 11.7. The third kappa shape index (κ3) is 3.55. The molecule has 1 aromatic carbocycles. The van der Waals surface area contributed by atoms with Crippen molar-refractivity contribution in [2.45, 2.75) is 37.3 Å². The molecule has 1 unspecified atom stereocenters. The molecule has 4 rings (SSSR count). The van der Waals surface area contributed by atoms with Crippen LogP contribution >= 0.6 is 12.4 Å². The van der Waals surface area contributed by atoms with Crippen LogP contribution in [0.3, 0.4) is 0 Å². The molecule has 0 radical (unpaired) electrons. The van der Waals surface area contributed by atoms with Gasteiger partial charge < -0.3 is 10.6 Å². The molecule has 0 spiro atoms. The fraction of sp³-hybridized carbons (Fsp3) is 0.444. The number of carbonyl (C=O) groups is 1. The zero-order chi connectivity index (χ0) is 16.6. The van der Waals surface area contributed by atoms with E-state index in [-0.39, 0.29) is 24.1 Å². The van der Waals surface area contributed by atoms with Crippen molar-refractivity contribution < 1.29 is 9.18 Å². The van der Waals surface area contributed by atoms with E-state index in [0.717, 1.165) is 38.8 Å². The van der Waals surface area contributed by atoms with Gasteiger partial charge in [0.25, 0.3) is 5.91 Å². The first-order valence-corrected chi connectivity index (χ1v) is 8.51. The van der Waals surface area contributed by atoms with Crippen LogP contribution in [0.1, 0.15) is 47.8 Å². The first-order valence-electron chi connectivity index (χ1n) is 8.51. The molecular weight excluding hydrogens is 343 g/mol. The van der Waals surface area contributed by atoms with E-state index in [1.807, 2.05) is 10.9 Å². The number of nitrogens with one attached hydrogen (secondary N) is 2. The van der Waals surface area contributed by atoms with Gasteiger partial charge in [-0.05, 0) is 44.4 Å². The van der Waals surface area contributed by atoms with Gasteiger partial charge in [-0.2, -0.15) is 5.10 Å². The molecule has 5 nitrogen and oxygen atoms in total. The lowest BCUT2D eigenvalue weighted by Crippen LogP contribution is -2.36. The highest BCUT2D eigenvalue weighted by molar-refractivity contribution is 5.93. The van der Waals surface area contributed by atoms with Gasteiger partial charge in [-0.15, -0.1) is 12.4 Å². The second kappa shape index (κ2) is 7.14. The summed E-state index contributed by atoms with van der Waals surface area (Å²) in [5.41, 5.74) is 0.385. The van der Waals surface area contributed by atoms with Crippen molar-refractivity contribution in [1.82, 2.24) is 20.4 Å². The summed E-state index contributed by atoms with van der Waals surface area (Å²) in [6, 6.07) is 8.68. The van der Waals surface area contributed by atoms with Gasteiger partial charge in [0, 0.05) is 18.3 Å². The highest BCUT2D eigenvalue weighted by Crippen LogP contribution is 2.46. The number of hydrogen-bond acceptors (Lipinski definition) is 3. The molecule has 1 amide bonds. The second-order valence-corrected chi connectivity index (χ2v) is 6.70. The maximum absolute atomic E-state index is 14.0. The Kier molecular flexibility index (Phi) is 5.11. The fourth-order valence-electron chi connectivity index (χ4n) is 3.44. The van der Waals surface area contributed by atoms with Crippen LogP contribution in [0.4, 0.5) is 4.39 Å². The van der Waals surface area contributed by atoms with Gasteiger partial charge in [-0.25, -0.2) is 4.39 Å². The molecule has 25 heavy (non-hydrogen) atoms. The quantitative estimate of drug-likeness (QED) is 0.877. The van der Waals surface area contributed by atoms with Gasteiger partial charge in [0.15, 0.2) is 0 Å². The molecule has 0 bridgehead atoms. The average molecular weight is 365 g/mol. The summed E-state index contributed by atoms with van der Waals surface area (Å²) in [4.78, 5) is 12.6. The average Bonchev–Trinajstić information content (AvgIpc) is 3.21. The number of aromatic nitrogens is 2. The number of hydrogen-bond donors (Lipinski definition) is 2. The number of piperidine rings is 1. The van der Waals surface area contributed by atoms with E-state index in [9.17, 15) is 9.18 Å². The number of rotatable bonds is 4. The van der Waals surface area contributed by atoms with Crippen molar-refractivity contribution >= 4 is 18.3 Å². The molecular formula is C18H22ClFN4O. The smallest absolute Gasteiger partial charge is 0.272 e. The maximum atomic E-state index is 14.0. The Morgan fingerprint density at radius 2 is 2.12 bits per heavy atom. The summed E-state index contributed by atoms with van der Waals surface area (Å²) in [6.07, 6.45) is 5.55. The van der Waals surface area contributed by atoms with Crippen molar-refractivity contribution in [1.29, 1.82) is 0 Å². The standard InChI is InChI=1S/C18H21FN4O.ClH/c19-15-6-2-1-5-14(15)18(8-9-18)21-17(24)16-7-11-23(22-16)13-4-3-10-20-12-13;/h1-2,5-7,11,13,20H,3-4,8-10,12H2,(H,21,24);1H. The van der Waals surface area contributed by atoms with Gasteiger partial charge in [-0.1, -0.05) is 18.2 Å². The molecule has 1 aromatic heterocycles. The molecule has 1 saturated carbocycles. The van der Waals surface area contributed by atoms with Crippen LogP contribution in [-0.4, -0.2) is 28.8 Å². The van der Waals surface area contributed by atoms with Crippen molar-refractivity contribution in [3.63, 3.8) is 0 Å². The largest absolute Gasteiger partial charge is 0.341 e. The molecule has 7 heteroatoms. The highest BCUT2D eigenvalue weighted by Gasteiger charge is 2.47. The number of halogens is 2. The van der Waals surface area contributed by atoms with E-state index in [2.05, 4.69) is 15.7 Å². The van der Waals surface area contributed by atoms with E-state index >= 15 is 0 Å². The summed E-state index contributed by atoms with van der Waals surface area (Å²) in [5.74, 6) is -0.507. The third-order valence-corrected chi connectivity index (χ3v) is 4.98. The van der Waals surface area contributed by atoms with E-state index in [1.54, 1.807) is 24.3 Å². The van der Waals surface area contributed by atoms with Crippen molar-refractivity contribution in [3.05, 3.63) is 53.6 Å². The minimum absolute atomic E-state index is 0. The van der Waals surface area contributed by atoms with Crippen molar-refractivity contribution in [2.75, 3.05) is 13.1 Å². The van der Waals surface area contributed by atoms with Crippen LogP contribution in [-0.2, 0) is 5.54 Å². The molecule has 134 valence electrons.